The number of hydrogen-bond acceptors (Lipinski definition) is 5. The fourth-order valence-electron chi connectivity index (χ4n) is 2.87. The van der Waals surface area contributed by atoms with Crippen molar-refractivity contribution in [3.05, 3.63) is 36.0 Å². The fourth-order valence-corrected chi connectivity index (χ4v) is 3.24. The van der Waals surface area contributed by atoms with Gasteiger partial charge in [-0.25, -0.2) is 4.21 Å². The summed E-state index contributed by atoms with van der Waals surface area (Å²) in [7, 11) is 0. The summed E-state index contributed by atoms with van der Waals surface area (Å²) in [4.78, 5) is 26.6. The maximum atomic E-state index is 12.7. The Labute approximate surface area is 159 Å². The van der Waals surface area contributed by atoms with Crippen molar-refractivity contribution >= 4 is 34.5 Å². The first-order valence-corrected chi connectivity index (χ1v) is 9.58. The monoisotopic (exact) mass is 391 g/mol. The Kier molecular flexibility index (Phi) is 5.16. The summed E-state index contributed by atoms with van der Waals surface area (Å²) in [5, 5.41) is 6.64. The van der Waals surface area contributed by atoms with Crippen LogP contribution >= 0.6 is 0 Å². The van der Waals surface area contributed by atoms with Gasteiger partial charge in [-0.15, -0.1) is 0 Å². The summed E-state index contributed by atoms with van der Waals surface area (Å²) >= 11 is -2.10. The van der Waals surface area contributed by atoms with E-state index in [1.807, 2.05) is 20.8 Å². The maximum Gasteiger partial charge on any atom is 0.249 e. The van der Waals surface area contributed by atoms with E-state index in [2.05, 4.69) is 10.5 Å². The minimum atomic E-state index is -2.10. The predicted octanol–water partition coefficient (Wildman–Crippen LogP) is 2.69. The Morgan fingerprint density at radius 1 is 1.33 bits per heavy atom. The van der Waals surface area contributed by atoms with Gasteiger partial charge in [0.1, 0.15) is 6.04 Å². The second-order valence-corrected chi connectivity index (χ2v) is 8.35. The third kappa shape index (κ3) is 4.09. The van der Waals surface area contributed by atoms with E-state index >= 15 is 0 Å². The van der Waals surface area contributed by atoms with E-state index in [9.17, 15) is 13.8 Å². The predicted molar refractivity (Wildman–Crippen MR) is 99.8 cm³/mol. The number of benzene rings is 1. The number of hydrogen-bond donors (Lipinski definition) is 2. The van der Waals surface area contributed by atoms with Crippen molar-refractivity contribution in [1.29, 1.82) is 0 Å². The smallest absolute Gasteiger partial charge is 0.249 e. The molecule has 0 radical (unpaired) electrons. The lowest BCUT2D eigenvalue weighted by Crippen LogP contribution is -2.41. The zero-order valence-corrected chi connectivity index (χ0v) is 16.1. The van der Waals surface area contributed by atoms with Gasteiger partial charge in [-0.3, -0.25) is 19.8 Å². The van der Waals surface area contributed by atoms with Crippen LogP contribution in [0.5, 0.6) is 0 Å². The third-order valence-electron chi connectivity index (χ3n) is 4.36. The second-order valence-electron chi connectivity index (χ2n) is 7.38. The zero-order valence-electron chi connectivity index (χ0n) is 15.3. The van der Waals surface area contributed by atoms with Gasteiger partial charge in [0.05, 0.1) is 10.6 Å². The molecule has 2 atom stereocenters. The lowest BCUT2D eigenvalue weighted by Gasteiger charge is -2.23. The summed E-state index contributed by atoms with van der Waals surface area (Å²) in [6, 6.07) is 7.00. The first kappa shape index (κ1) is 19.2. The molecule has 144 valence electrons. The normalized spacial score (nSPS) is 18.6. The standard InChI is InChI=1S/C18H21N3O5S/c1-18(2,3)14-10-15(26-20-14)19-17(23)13-8-9-16(22)21(13)11-4-6-12(7-5-11)27(24)25/h4-7,10,13H,8-9H2,1-3H3,(H,19,23)(H,24,25)/t13-/m0/s1. The molecule has 3 rings (SSSR count). The largest absolute Gasteiger partial charge is 0.338 e. The molecule has 2 amide bonds. The third-order valence-corrected chi connectivity index (χ3v) is 5.03. The molecule has 1 aromatic carbocycles. The number of carbonyl (C=O) groups excluding carboxylic acids is 2. The summed E-state index contributed by atoms with van der Waals surface area (Å²) in [6.07, 6.45) is 0.619. The summed E-state index contributed by atoms with van der Waals surface area (Å²) < 4.78 is 25.4. The van der Waals surface area contributed by atoms with Crippen molar-refractivity contribution in [2.24, 2.45) is 0 Å². The molecule has 1 aliphatic rings. The van der Waals surface area contributed by atoms with E-state index in [-0.39, 0.29) is 34.4 Å². The molecule has 1 fully saturated rings. The Morgan fingerprint density at radius 3 is 2.56 bits per heavy atom. The highest BCUT2D eigenvalue weighted by molar-refractivity contribution is 7.79. The average molecular weight is 391 g/mol. The van der Waals surface area contributed by atoms with Gasteiger partial charge in [0.15, 0.2) is 11.1 Å². The van der Waals surface area contributed by atoms with Crippen LogP contribution in [0.4, 0.5) is 11.6 Å². The molecule has 2 heterocycles. The number of aromatic nitrogens is 1. The lowest BCUT2D eigenvalue weighted by molar-refractivity contribution is -0.120. The van der Waals surface area contributed by atoms with Crippen LogP contribution in [-0.4, -0.2) is 31.8 Å². The number of carbonyl (C=O) groups is 2. The average Bonchev–Trinajstić information content (AvgIpc) is 3.21. The molecule has 1 unspecified atom stereocenters. The number of nitrogens with zero attached hydrogens (tertiary/aromatic N) is 2. The number of nitrogens with one attached hydrogen (secondary N) is 1. The van der Waals surface area contributed by atoms with E-state index in [1.165, 1.54) is 17.0 Å². The highest BCUT2D eigenvalue weighted by Gasteiger charge is 2.37. The van der Waals surface area contributed by atoms with Gasteiger partial charge >= 0.3 is 0 Å². The molecule has 0 bridgehead atoms. The van der Waals surface area contributed by atoms with Gasteiger partial charge in [0.2, 0.25) is 17.7 Å². The molecular weight excluding hydrogens is 370 g/mol. The molecule has 0 aliphatic carbocycles. The Balaban J connectivity index is 1.78. The van der Waals surface area contributed by atoms with Crippen molar-refractivity contribution in [2.45, 2.75) is 50.0 Å². The molecule has 1 saturated heterocycles. The van der Waals surface area contributed by atoms with Crippen molar-refractivity contribution in [2.75, 3.05) is 10.2 Å². The van der Waals surface area contributed by atoms with Crippen LogP contribution in [0.1, 0.15) is 39.3 Å². The molecule has 0 spiro atoms. The van der Waals surface area contributed by atoms with Crippen molar-refractivity contribution in [3.8, 4) is 0 Å². The minimum absolute atomic E-state index is 0.180. The topological polar surface area (TPSA) is 113 Å². The van der Waals surface area contributed by atoms with Gasteiger partial charge < -0.3 is 9.08 Å². The molecule has 1 aromatic heterocycles. The van der Waals surface area contributed by atoms with Crippen LogP contribution in [0.25, 0.3) is 0 Å². The van der Waals surface area contributed by atoms with Gasteiger partial charge in [0, 0.05) is 23.6 Å². The van der Waals surface area contributed by atoms with Gasteiger partial charge in [-0.1, -0.05) is 25.9 Å². The number of anilines is 2. The molecule has 8 nitrogen and oxygen atoms in total. The minimum Gasteiger partial charge on any atom is -0.338 e. The van der Waals surface area contributed by atoms with Crippen LogP contribution in [0.3, 0.4) is 0 Å². The Hall–Kier alpha value is -2.52. The highest BCUT2D eigenvalue weighted by atomic mass is 32.2. The molecule has 2 N–H and O–H groups in total. The van der Waals surface area contributed by atoms with Crippen molar-refractivity contribution in [1.82, 2.24) is 5.16 Å². The van der Waals surface area contributed by atoms with E-state index in [1.54, 1.807) is 18.2 Å². The summed E-state index contributed by atoms with van der Waals surface area (Å²) in [5.74, 6) is -0.316. The summed E-state index contributed by atoms with van der Waals surface area (Å²) in [5.41, 5.74) is 1.00. The quantitative estimate of drug-likeness (QED) is 0.775. The van der Waals surface area contributed by atoms with E-state index in [4.69, 9.17) is 9.08 Å². The molecule has 27 heavy (non-hydrogen) atoms. The van der Waals surface area contributed by atoms with Gasteiger partial charge in [-0.05, 0) is 30.7 Å². The summed E-state index contributed by atoms with van der Waals surface area (Å²) in [6.45, 7) is 5.95. The highest BCUT2D eigenvalue weighted by Crippen LogP contribution is 2.29. The van der Waals surface area contributed by atoms with Crippen LogP contribution in [0.15, 0.2) is 39.8 Å². The lowest BCUT2D eigenvalue weighted by atomic mass is 9.92. The second kappa shape index (κ2) is 7.24. The van der Waals surface area contributed by atoms with Crippen LogP contribution < -0.4 is 10.2 Å². The van der Waals surface area contributed by atoms with Crippen LogP contribution in [0.2, 0.25) is 0 Å². The number of rotatable bonds is 4. The Morgan fingerprint density at radius 2 is 2.00 bits per heavy atom. The Bertz CT molecular complexity index is 885. The SMILES string of the molecule is CC(C)(C)c1cc(NC(=O)[C@@H]2CCC(=O)N2c2ccc(S(=O)O)cc2)on1. The van der Waals surface area contributed by atoms with Gasteiger partial charge in [-0.2, -0.15) is 0 Å². The first-order valence-electron chi connectivity index (χ1n) is 8.48. The molecule has 0 saturated carbocycles. The van der Waals surface area contributed by atoms with Gasteiger partial charge in [0.25, 0.3) is 0 Å². The van der Waals surface area contributed by atoms with Crippen LogP contribution in [0, 0.1) is 0 Å². The fraction of sp³-hybridized carbons (Fsp3) is 0.389. The number of amides is 2. The molecule has 1 aliphatic heterocycles. The van der Waals surface area contributed by atoms with Crippen molar-refractivity contribution < 1.29 is 22.9 Å². The zero-order chi connectivity index (χ0) is 19.8. The molecule has 2 aromatic rings. The van der Waals surface area contributed by atoms with Crippen LogP contribution in [-0.2, 0) is 26.1 Å². The molecular formula is C18H21N3O5S. The first-order chi connectivity index (χ1) is 12.7. The van der Waals surface area contributed by atoms with E-state index in [0.29, 0.717) is 17.8 Å². The molecule has 9 heteroatoms. The van der Waals surface area contributed by atoms with E-state index < -0.39 is 17.1 Å². The van der Waals surface area contributed by atoms with E-state index in [0.717, 1.165) is 0 Å². The maximum absolute atomic E-state index is 12.7. The van der Waals surface area contributed by atoms with Crippen molar-refractivity contribution in [3.63, 3.8) is 0 Å².